The van der Waals surface area contributed by atoms with Crippen LogP contribution < -0.4 is 15.8 Å². The summed E-state index contributed by atoms with van der Waals surface area (Å²) in [5, 5.41) is 7.94. The minimum Gasteiger partial charge on any atom is -0.457 e. The van der Waals surface area contributed by atoms with E-state index >= 15 is 0 Å². The molecule has 132 valence electrons. The van der Waals surface area contributed by atoms with Crippen molar-refractivity contribution in [3.63, 3.8) is 0 Å². The van der Waals surface area contributed by atoms with E-state index < -0.39 is 5.91 Å². The second kappa shape index (κ2) is 7.01. The van der Waals surface area contributed by atoms with Gasteiger partial charge in [-0.3, -0.25) is 9.48 Å². The third-order valence-corrected chi connectivity index (χ3v) is 4.51. The van der Waals surface area contributed by atoms with Crippen LogP contribution >= 0.6 is 0 Å². The number of hydrogen-bond acceptors (Lipinski definition) is 4. The minimum atomic E-state index is -0.471. The Kier molecular flexibility index (Phi) is 4.41. The summed E-state index contributed by atoms with van der Waals surface area (Å²) < 4.78 is 7.66. The molecule has 1 amide bonds. The molecule has 2 aromatic carbocycles. The zero-order valence-electron chi connectivity index (χ0n) is 14.3. The van der Waals surface area contributed by atoms with Gasteiger partial charge in [0, 0.05) is 18.3 Å². The summed E-state index contributed by atoms with van der Waals surface area (Å²) in [6.45, 7) is 1.81. The number of ether oxygens (including phenoxy) is 1. The maximum atomic E-state index is 11.9. The Morgan fingerprint density at radius 2 is 1.85 bits per heavy atom. The van der Waals surface area contributed by atoms with Crippen LogP contribution in [0.1, 0.15) is 22.8 Å². The molecule has 0 radical (unpaired) electrons. The van der Waals surface area contributed by atoms with Crippen LogP contribution in [0.4, 0.5) is 0 Å². The van der Waals surface area contributed by atoms with Crippen LogP contribution in [0.25, 0.3) is 11.3 Å². The molecule has 4 rings (SSSR count). The van der Waals surface area contributed by atoms with Gasteiger partial charge in [0.15, 0.2) is 0 Å². The first-order chi connectivity index (χ1) is 12.7. The van der Waals surface area contributed by atoms with Crippen molar-refractivity contribution in [3.8, 4) is 22.8 Å². The van der Waals surface area contributed by atoms with E-state index in [9.17, 15) is 4.79 Å². The number of nitrogens with zero attached hydrogens (tertiary/aromatic N) is 2. The van der Waals surface area contributed by atoms with E-state index in [1.54, 1.807) is 6.20 Å². The number of carbonyl (C=O) groups is 1. The number of primary amides is 1. The highest BCUT2D eigenvalue weighted by Gasteiger charge is 2.22. The van der Waals surface area contributed by atoms with Crippen LogP contribution in [0.5, 0.6) is 11.5 Å². The first-order valence-corrected chi connectivity index (χ1v) is 8.64. The summed E-state index contributed by atoms with van der Waals surface area (Å²) >= 11 is 0. The van der Waals surface area contributed by atoms with Crippen molar-refractivity contribution in [2.24, 2.45) is 5.73 Å². The molecule has 0 spiro atoms. The molecule has 1 fully saturated rings. The standard InChI is InChI=1S/C20H20N4O2/c21-20(25)18-13-24(15-10-11-22-12-15)23-19(18)14-6-8-17(9-7-14)26-16-4-2-1-3-5-16/h1-9,13,15,22H,10-12H2,(H2,21,25)/t15-/m0/s1. The molecule has 1 aliphatic rings. The quantitative estimate of drug-likeness (QED) is 0.743. The summed E-state index contributed by atoms with van der Waals surface area (Å²) in [5.41, 5.74) is 7.45. The predicted octanol–water partition coefficient (Wildman–Crippen LogP) is 2.98. The largest absolute Gasteiger partial charge is 0.457 e. The summed E-state index contributed by atoms with van der Waals surface area (Å²) in [4.78, 5) is 11.9. The molecule has 1 saturated heterocycles. The Morgan fingerprint density at radius 1 is 1.12 bits per heavy atom. The minimum absolute atomic E-state index is 0.252. The lowest BCUT2D eigenvalue weighted by molar-refractivity contribution is 0.100. The Balaban J connectivity index is 1.61. The van der Waals surface area contributed by atoms with E-state index in [4.69, 9.17) is 10.5 Å². The number of nitrogens with two attached hydrogens (primary N) is 1. The van der Waals surface area contributed by atoms with Crippen molar-refractivity contribution in [1.29, 1.82) is 0 Å². The first kappa shape index (κ1) is 16.4. The average Bonchev–Trinajstić information content (AvgIpc) is 3.33. The summed E-state index contributed by atoms with van der Waals surface area (Å²) in [6.07, 6.45) is 2.74. The fraction of sp³-hybridized carbons (Fsp3) is 0.200. The van der Waals surface area contributed by atoms with Gasteiger partial charge in [0.25, 0.3) is 5.91 Å². The van der Waals surface area contributed by atoms with Gasteiger partial charge >= 0.3 is 0 Å². The summed E-state index contributed by atoms with van der Waals surface area (Å²) in [5.74, 6) is 1.03. The second-order valence-electron chi connectivity index (χ2n) is 6.32. The van der Waals surface area contributed by atoms with Crippen LogP contribution in [0.2, 0.25) is 0 Å². The lowest BCUT2D eigenvalue weighted by Crippen LogP contribution is -2.14. The van der Waals surface area contributed by atoms with Crippen molar-refractivity contribution >= 4 is 5.91 Å². The Morgan fingerprint density at radius 3 is 2.50 bits per heavy atom. The molecule has 6 heteroatoms. The highest BCUT2D eigenvalue weighted by molar-refractivity contribution is 5.98. The predicted molar refractivity (Wildman–Crippen MR) is 99.2 cm³/mol. The Bertz CT molecular complexity index is 897. The number of carbonyl (C=O) groups excluding carboxylic acids is 1. The van der Waals surface area contributed by atoms with Crippen molar-refractivity contribution in [3.05, 3.63) is 66.4 Å². The van der Waals surface area contributed by atoms with Crippen molar-refractivity contribution < 1.29 is 9.53 Å². The SMILES string of the molecule is NC(=O)c1cn([C@H]2CCNC2)nc1-c1ccc(Oc2ccccc2)cc1. The van der Waals surface area contributed by atoms with Gasteiger partial charge in [-0.2, -0.15) is 5.10 Å². The van der Waals surface area contributed by atoms with E-state index in [2.05, 4.69) is 10.4 Å². The van der Waals surface area contributed by atoms with Gasteiger partial charge in [0.2, 0.25) is 0 Å². The maximum absolute atomic E-state index is 11.9. The van der Waals surface area contributed by atoms with Crippen LogP contribution in [-0.4, -0.2) is 28.8 Å². The molecule has 0 saturated carbocycles. The van der Waals surface area contributed by atoms with E-state index in [1.165, 1.54) is 0 Å². The molecule has 26 heavy (non-hydrogen) atoms. The number of nitrogens with one attached hydrogen (secondary N) is 1. The van der Waals surface area contributed by atoms with Crippen LogP contribution in [0.3, 0.4) is 0 Å². The molecular weight excluding hydrogens is 328 g/mol. The average molecular weight is 348 g/mol. The molecule has 1 aromatic heterocycles. The number of amides is 1. The zero-order chi connectivity index (χ0) is 17.9. The smallest absolute Gasteiger partial charge is 0.252 e. The Labute approximate surface area is 151 Å². The van der Waals surface area contributed by atoms with Crippen molar-refractivity contribution in [2.75, 3.05) is 13.1 Å². The molecule has 0 unspecified atom stereocenters. The lowest BCUT2D eigenvalue weighted by Gasteiger charge is -2.08. The van der Waals surface area contributed by atoms with Crippen LogP contribution in [0.15, 0.2) is 60.8 Å². The molecule has 3 aromatic rings. The van der Waals surface area contributed by atoms with Gasteiger partial charge in [-0.1, -0.05) is 18.2 Å². The van der Waals surface area contributed by atoms with E-state index in [1.807, 2.05) is 59.3 Å². The first-order valence-electron chi connectivity index (χ1n) is 8.64. The van der Waals surface area contributed by atoms with Gasteiger partial charge in [0.05, 0.1) is 11.6 Å². The zero-order valence-corrected chi connectivity index (χ0v) is 14.3. The number of hydrogen-bond donors (Lipinski definition) is 2. The molecule has 0 bridgehead atoms. The number of para-hydroxylation sites is 1. The second-order valence-corrected chi connectivity index (χ2v) is 6.32. The van der Waals surface area contributed by atoms with Gasteiger partial charge < -0.3 is 15.8 Å². The molecule has 2 heterocycles. The monoisotopic (exact) mass is 348 g/mol. The lowest BCUT2D eigenvalue weighted by atomic mass is 10.1. The summed E-state index contributed by atoms with van der Waals surface area (Å²) in [7, 11) is 0. The normalized spacial score (nSPS) is 16.5. The van der Waals surface area contributed by atoms with E-state index in [0.717, 1.165) is 36.6 Å². The number of benzene rings is 2. The highest BCUT2D eigenvalue weighted by Crippen LogP contribution is 2.28. The molecule has 0 aliphatic carbocycles. The van der Waals surface area contributed by atoms with Gasteiger partial charge in [-0.15, -0.1) is 0 Å². The number of rotatable bonds is 5. The van der Waals surface area contributed by atoms with Gasteiger partial charge in [-0.25, -0.2) is 0 Å². The van der Waals surface area contributed by atoms with Crippen molar-refractivity contribution in [2.45, 2.75) is 12.5 Å². The van der Waals surface area contributed by atoms with Crippen LogP contribution in [0, 0.1) is 0 Å². The topological polar surface area (TPSA) is 82.2 Å². The van der Waals surface area contributed by atoms with Crippen molar-refractivity contribution in [1.82, 2.24) is 15.1 Å². The fourth-order valence-corrected chi connectivity index (χ4v) is 3.14. The molecular formula is C20H20N4O2. The number of aromatic nitrogens is 2. The maximum Gasteiger partial charge on any atom is 0.252 e. The van der Waals surface area contributed by atoms with E-state index in [-0.39, 0.29) is 6.04 Å². The Hall–Kier alpha value is -3.12. The van der Waals surface area contributed by atoms with E-state index in [0.29, 0.717) is 11.3 Å². The third kappa shape index (κ3) is 3.32. The molecule has 6 nitrogen and oxygen atoms in total. The van der Waals surface area contributed by atoms with Gasteiger partial charge in [0.1, 0.15) is 17.2 Å². The summed E-state index contributed by atoms with van der Waals surface area (Å²) in [6, 6.07) is 17.4. The molecule has 1 atom stereocenters. The molecule has 3 N–H and O–H groups in total. The van der Waals surface area contributed by atoms with Gasteiger partial charge in [-0.05, 0) is 49.4 Å². The highest BCUT2D eigenvalue weighted by atomic mass is 16.5. The third-order valence-electron chi connectivity index (χ3n) is 4.51. The molecule has 1 aliphatic heterocycles. The fourth-order valence-electron chi connectivity index (χ4n) is 3.14. The van der Waals surface area contributed by atoms with Crippen LogP contribution in [-0.2, 0) is 0 Å².